The van der Waals surface area contributed by atoms with Crippen LogP contribution in [-0.2, 0) is 16.0 Å². The smallest absolute Gasteiger partial charge is 0.337 e. The second-order valence-corrected chi connectivity index (χ2v) is 12.5. The van der Waals surface area contributed by atoms with Crippen LogP contribution in [0.1, 0.15) is 70.4 Å². The third-order valence-corrected chi connectivity index (χ3v) is 7.51. The number of anilines is 1. The normalized spacial score (nSPS) is 15.8. The summed E-state index contributed by atoms with van der Waals surface area (Å²) in [5.41, 5.74) is 4.40. The van der Waals surface area contributed by atoms with Crippen LogP contribution in [0.15, 0.2) is 48.8 Å². The van der Waals surface area contributed by atoms with Crippen LogP contribution in [0, 0.1) is 12.3 Å². The molecule has 0 spiro atoms. The number of aryl methyl sites for hydroxylation is 1. The van der Waals surface area contributed by atoms with Crippen LogP contribution in [0.3, 0.4) is 0 Å². The average Bonchev–Trinajstić information content (AvgIpc) is 2.92. The maximum absolute atomic E-state index is 12.2. The van der Waals surface area contributed by atoms with E-state index in [1.807, 2.05) is 57.2 Å². The Labute approximate surface area is 243 Å². The van der Waals surface area contributed by atoms with E-state index in [1.165, 1.54) is 5.56 Å². The monoisotopic (exact) mass is 561 g/mol. The summed E-state index contributed by atoms with van der Waals surface area (Å²) in [4.78, 5) is 23.8. The summed E-state index contributed by atoms with van der Waals surface area (Å²) >= 11 is 0. The van der Waals surface area contributed by atoms with Crippen LogP contribution < -0.4 is 14.4 Å². The van der Waals surface area contributed by atoms with E-state index in [1.54, 1.807) is 26.4 Å². The van der Waals surface area contributed by atoms with Crippen LogP contribution in [0.25, 0.3) is 11.3 Å². The molecule has 1 saturated heterocycles. The zero-order chi connectivity index (χ0) is 29.8. The number of ether oxygens (including phenoxy) is 3. The van der Waals surface area contributed by atoms with Crippen molar-refractivity contribution in [1.29, 1.82) is 0 Å². The number of methoxy groups -OCH3 is 1. The molecule has 8 nitrogen and oxygen atoms in total. The first kappa shape index (κ1) is 30.3. The Morgan fingerprint density at radius 3 is 2.37 bits per heavy atom. The third-order valence-electron chi connectivity index (χ3n) is 7.51. The van der Waals surface area contributed by atoms with E-state index >= 15 is 0 Å². The molecule has 1 aromatic carbocycles. The lowest BCUT2D eigenvalue weighted by Crippen LogP contribution is -2.37. The maximum atomic E-state index is 12.2. The molecular weight excluding hydrogens is 518 g/mol. The molecule has 1 aliphatic heterocycles. The summed E-state index contributed by atoms with van der Waals surface area (Å²) in [6.07, 6.45) is 5.30. The second-order valence-electron chi connectivity index (χ2n) is 12.5. The largest absolute Gasteiger partial charge is 0.497 e. The van der Waals surface area contributed by atoms with E-state index in [-0.39, 0.29) is 0 Å². The minimum atomic E-state index is -1.13. The molecule has 3 heterocycles. The molecule has 0 saturated carbocycles. The Kier molecular flexibility index (Phi) is 9.22. The number of pyridine rings is 2. The number of carboxylic acid groups (broad SMARTS) is 1. The highest BCUT2D eigenvalue weighted by Gasteiger charge is 2.30. The van der Waals surface area contributed by atoms with Gasteiger partial charge in [-0.15, -0.1) is 0 Å². The molecule has 1 N–H and O–H groups in total. The number of benzene rings is 1. The van der Waals surface area contributed by atoms with Gasteiger partial charge in [-0.25, -0.2) is 4.79 Å². The zero-order valence-electron chi connectivity index (χ0n) is 25.4. The number of nitrogens with zero attached hydrogens (tertiary/aromatic N) is 3. The van der Waals surface area contributed by atoms with Gasteiger partial charge in [-0.3, -0.25) is 9.97 Å². The first-order valence-corrected chi connectivity index (χ1v) is 14.2. The quantitative estimate of drug-likeness (QED) is 0.294. The van der Waals surface area contributed by atoms with Crippen LogP contribution in [0.4, 0.5) is 5.69 Å². The highest BCUT2D eigenvalue weighted by molar-refractivity contribution is 5.76. The molecule has 1 fully saturated rings. The number of aromatic nitrogens is 2. The zero-order valence-corrected chi connectivity index (χ0v) is 25.4. The van der Waals surface area contributed by atoms with Crippen molar-refractivity contribution in [3.05, 3.63) is 65.6 Å². The predicted molar refractivity (Wildman–Crippen MR) is 161 cm³/mol. The van der Waals surface area contributed by atoms with Gasteiger partial charge in [-0.2, -0.15) is 0 Å². The molecule has 41 heavy (non-hydrogen) atoms. The van der Waals surface area contributed by atoms with Gasteiger partial charge in [0.1, 0.15) is 5.75 Å². The Bertz CT molecular complexity index is 1340. The third kappa shape index (κ3) is 7.97. The summed E-state index contributed by atoms with van der Waals surface area (Å²) in [6.45, 7) is 14.3. The van der Waals surface area contributed by atoms with Crippen molar-refractivity contribution in [2.75, 3.05) is 31.7 Å². The maximum Gasteiger partial charge on any atom is 0.337 e. The highest BCUT2D eigenvalue weighted by atomic mass is 16.5. The number of hydrogen-bond donors (Lipinski definition) is 1. The van der Waals surface area contributed by atoms with Crippen molar-refractivity contribution < 1.29 is 24.1 Å². The molecular formula is C33H43N3O5. The molecule has 4 rings (SSSR count). The fourth-order valence-corrected chi connectivity index (χ4v) is 4.93. The molecule has 1 aliphatic rings. The SMILES string of the molecule is COc1ccc(CCOc2cnc(-c3cnc(C)c(C(OC(C)(C)C)C(=O)O)c3)cc2N2CCC(C)(C)CC2)cc1. The average molecular weight is 562 g/mol. The van der Waals surface area contributed by atoms with Gasteiger partial charge in [0.25, 0.3) is 0 Å². The summed E-state index contributed by atoms with van der Waals surface area (Å²) in [7, 11) is 1.66. The summed E-state index contributed by atoms with van der Waals surface area (Å²) in [5.74, 6) is 0.520. The Balaban J connectivity index is 1.63. The van der Waals surface area contributed by atoms with Crippen LogP contribution >= 0.6 is 0 Å². The fourth-order valence-electron chi connectivity index (χ4n) is 4.93. The van der Waals surface area contributed by atoms with E-state index < -0.39 is 17.7 Å². The molecule has 0 radical (unpaired) electrons. The van der Waals surface area contributed by atoms with E-state index in [9.17, 15) is 9.90 Å². The Morgan fingerprint density at radius 1 is 1.07 bits per heavy atom. The molecule has 8 heteroatoms. The molecule has 1 unspecified atom stereocenters. The van der Waals surface area contributed by atoms with Crippen molar-refractivity contribution in [2.45, 2.75) is 72.5 Å². The molecule has 1 atom stereocenters. The van der Waals surface area contributed by atoms with Gasteiger partial charge < -0.3 is 24.2 Å². The number of rotatable bonds is 10. The lowest BCUT2D eigenvalue weighted by molar-refractivity contribution is -0.160. The Hall–Kier alpha value is -3.65. The number of aliphatic carboxylic acids is 1. The lowest BCUT2D eigenvalue weighted by atomic mass is 9.82. The molecule has 0 amide bonds. The van der Waals surface area contributed by atoms with E-state index in [4.69, 9.17) is 19.2 Å². The standard InChI is InChI=1S/C33H43N3O5/c1-22-26(30(31(37)38)41-32(2,3)4)18-24(20-34-22)27-19-28(36-15-13-33(5,6)14-16-36)29(21-35-27)40-17-12-23-8-10-25(39-7)11-9-23/h8-11,18-21,30H,12-17H2,1-7H3,(H,37,38). The van der Waals surface area contributed by atoms with E-state index in [2.05, 4.69) is 23.7 Å². The number of piperidine rings is 1. The Morgan fingerprint density at radius 2 is 1.76 bits per heavy atom. The van der Waals surface area contributed by atoms with E-state index in [0.29, 0.717) is 29.0 Å². The van der Waals surface area contributed by atoms with Crippen molar-refractivity contribution in [1.82, 2.24) is 9.97 Å². The van der Waals surface area contributed by atoms with Crippen LogP contribution in [0.2, 0.25) is 0 Å². The number of hydrogen-bond acceptors (Lipinski definition) is 7. The van der Waals surface area contributed by atoms with Crippen molar-refractivity contribution in [3.8, 4) is 22.8 Å². The molecule has 0 bridgehead atoms. The number of carbonyl (C=O) groups is 1. The van der Waals surface area contributed by atoms with Crippen molar-refractivity contribution in [2.24, 2.45) is 5.41 Å². The van der Waals surface area contributed by atoms with Crippen molar-refractivity contribution >= 4 is 11.7 Å². The van der Waals surface area contributed by atoms with Crippen molar-refractivity contribution in [3.63, 3.8) is 0 Å². The highest BCUT2D eigenvalue weighted by Crippen LogP contribution is 2.38. The fraction of sp³-hybridized carbons (Fsp3) is 0.485. The first-order valence-electron chi connectivity index (χ1n) is 14.2. The van der Waals surface area contributed by atoms with Crippen LogP contribution in [-0.4, -0.2) is 53.5 Å². The van der Waals surface area contributed by atoms with Gasteiger partial charge >= 0.3 is 5.97 Å². The second kappa shape index (κ2) is 12.5. The molecule has 0 aliphatic carbocycles. The van der Waals surface area contributed by atoms with E-state index in [0.717, 1.165) is 55.1 Å². The topological polar surface area (TPSA) is 94.0 Å². The first-order chi connectivity index (χ1) is 19.3. The van der Waals surface area contributed by atoms with Gasteiger partial charge in [-0.05, 0) is 75.8 Å². The molecule has 3 aromatic rings. The minimum Gasteiger partial charge on any atom is -0.497 e. The predicted octanol–water partition coefficient (Wildman–Crippen LogP) is 6.65. The van der Waals surface area contributed by atoms with Gasteiger partial charge in [0.2, 0.25) is 0 Å². The molecule has 220 valence electrons. The van der Waals surface area contributed by atoms with Gasteiger partial charge in [0.05, 0.1) is 36.9 Å². The lowest BCUT2D eigenvalue weighted by Gasteiger charge is -2.38. The molecule has 2 aromatic heterocycles. The van der Waals surface area contributed by atoms with Gasteiger partial charge in [0, 0.05) is 42.5 Å². The van der Waals surface area contributed by atoms with Gasteiger partial charge in [0.15, 0.2) is 11.9 Å². The van der Waals surface area contributed by atoms with Crippen LogP contribution in [0.5, 0.6) is 11.5 Å². The summed E-state index contributed by atoms with van der Waals surface area (Å²) < 4.78 is 17.5. The number of carboxylic acids is 1. The summed E-state index contributed by atoms with van der Waals surface area (Å²) in [5, 5.41) is 9.96. The summed E-state index contributed by atoms with van der Waals surface area (Å²) in [6, 6.07) is 11.9. The minimum absolute atomic E-state index is 0.302. The van der Waals surface area contributed by atoms with Gasteiger partial charge in [-0.1, -0.05) is 26.0 Å².